The molecule has 1 unspecified atom stereocenters. The quantitative estimate of drug-likeness (QED) is 0.599. The summed E-state index contributed by atoms with van der Waals surface area (Å²) in [6.45, 7) is 1.13. The largest absolute Gasteiger partial charge is 0.372 e. The van der Waals surface area contributed by atoms with Gasteiger partial charge in [0.1, 0.15) is 6.04 Å². The van der Waals surface area contributed by atoms with Crippen LogP contribution in [0, 0.1) is 0 Å². The third kappa shape index (κ3) is 4.10. The molecule has 2 N–H and O–H groups in total. The minimum Gasteiger partial charge on any atom is -0.318 e. The van der Waals surface area contributed by atoms with Crippen LogP contribution in [0.3, 0.4) is 0 Å². The van der Waals surface area contributed by atoms with Gasteiger partial charge in [0, 0.05) is 6.92 Å². The standard InChI is InChI=1S/C11H13NO4/c1-8(13)15-16-11(14)10(12)7-9-5-3-2-4-6-9/h2-6,10H,7,12H2,1H3. The van der Waals surface area contributed by atoms with Gasteiger partial charge in [-0.1, -0.05) is 30.3 Å². The van der Waals surface area contributed by atoms with Crippen molar-refractivity contribution in [1.29, 1.82) is 0 Å². The third-order valence-electron chi connectivity index (χ3n) is 1.84. The van der Waals surface area contributed by atoms with Crippen LogP contribution in [0.2, 0.25) is 0 Å². The smallest absolute Gasteiger partial charge is 0.318 e. The number of hydrogen-bond donors (Lipinski definition) is 1. The van der Waals surface area contributed by atoms with Gasteiger partial charge in [0.2, 0.25) is 0 Å². The van der Waals surface area contributed by atoms with Gasteiger partial charge in [0.15, 0.2) is 0 Å². The first-order chi connectivity index (χ1) is 7.59. The van der Waals surface area contributed by atoms with Gasteiger partial charge in [-0.05, 0) is 12.0 Å². The molecule has 16 heavy (non-hydrogen) atoms. The number of hydrogen-bond acceptors (Lipinski definition) is 5. The average Bonchev–Trinajstić information content (AvgIpc) is 2.27. The van der Waals surface area contributed by atoms with Gasteiger partial charge in [-0.25, -0.2) is 19.4 Å². The Bertz CT molecular complexity index is 364. The van der Waals surface area contributed by atoms with Crippen molar-refractivity contribution >= 4 is 11.9 Å². The Morgan fingerprint density at radius 3 is 2.44 bits per heavy atom. The number of carbonyl (C=O) groups is 2. The minimum atomic E-state index is -0.846. The first kappa shape index (κ1) is 12.2. The Hall–Kier alpha value is -1.88. The molecule has 0 amide bonds. The summed E-state index contributed by atoms with van der Waals surface area (Å²) in [6.07, 6.45) is 0.334. The molecule has 0 heterocycles. The zero-order chi connectivity index (χ0) is 12.0. The summed E-state index contributed by atoms with van der Waals surface area (Å²) in [5.41, 5.74) is 6.48. The molecule has 5 nitrogen and oxygen atoms in total. The van der Waals surface area contributed by atoms with Crippen molar-refractivity contribution in [3.8, 4) is 0 Å². The minimum absolute atomic E-state index is 0.334. The van der Waals surface area contributed by atoms with E-state index in [1.807, 2.05) is 30.3 Å². The van der Waals surface area contributed by atoms with E-state index < -0.39 is 18.0 Å². The van der Waals surface area contributed by atoms with Gasteiger partial charge in [0.05, 0.1) is 0 Å². The Morgan fingerprint density at radius 2 is 1.88 bits per heavy atom. The van der Waals surface area contributed by atoms with Crippen LogP contribution < -0.4 is 5.73 Å². The molecule has 0 fully saturated rings. The van der Waals surface area contributed by atoms with E-state index in [0.717, 1.165) is 12.5 Å². The van der Waals surface area contributed by atoms with Crippen LogP contribution in [-0.4, -0.2) is 18.0 Å². The van der Waals surface area contributed by atoms with Crippen LogP contribution in [0.1, 0.15) is 12.5 Å². The van der Waals surface area contributed by atoms with Gasteiger partial charge in [0.25, 0.3) is 0 Å². The second-order valence-electron chi connectivity index (χ2n) is 3.27. The molecule has 1 aromatic carbocycles. The Morgan fingerprint density at radius 1 is 1.25 bits per heavy atom. The normalized spacial score (nSPS) is 11.6. The van der Waals surface area contributed by atoms with Crippen molar-refractivity contribution < 1.29 is 19.4 Å². The highest BCUT2D eigenvalue weighted by Gasteiger charge is 2.17. The fraction of sp³-hybridized carbons (Fsp3) is 0.273. The highest BCUT2D eigenvalue weighted by Crippen LogP contribution is 2.03. The molecule has 1 rings (SSSR count). The molecule has 0 radical (unpaired) electrons. The Kier molecular flexibility index (Phi) is 4.47. The molecule has 0 aliphatic carbocycles. The molecular formula is C11H13NO4. The Balaban J connectivity index is 2.43. The molecule has 0 aromatic heterocycles. The summed E-state index contributed by atoms with van der Waals surface area (Å²) in [7, 11) is 0. The molecule has 0 saturated heterocycles. The molecular weight excluding hydrogens is 210 g/mol. The molecule has 0 saturated carbocycles. The van der Waals surface area contributed by atoms with E-state index in [4.69, 9.17) is 5.73 Å². The summed E-state index contributed by atoms with van der Waals surface area (Å²) in [4.78, 5) is 29.9. The molecule has 5 heteroatoms. The van der Waals surface area contributed by atoms with E-state index in [-0.39, 0.29) is 0 Å². The molecule has 0 aliphatic heterocycles. The van der Waals surface area contributed by atoms with Crippen molar-refractivity contribution in [3.05, 3.63) is 35.9 Å². The molecule has 86 valence electrons. The van der Waals surface area contributed by atoms with Crippen molar-refractivity contribution in [3.63, 3.8) is 0 Å². The predicted octanol–water partition coefficient (Wildman–Crippen LogP) is 0.578. The molecule has 0 aliphatic rings. The fourth-order valence-corrected chi connectivity index (χ4v) is 1.11. The number of rotatable bonds is 3. The van der Waals surface area contributed by atoms with E-state index in [1.165, 1.54) is 0 Å². The van der Waals surface area contributed by atoms with Crippen LogP contribution in [0.4, 0.5) is 0 Å². The fourth-order valence-electron chi connectivity index (χ4n) is 1.11. The maximum absolute atomic E-state index is 11.2. The van der Waals surface area contributed by atoms with Gasteiger partial charge in [-0.15, -0.1) is 0 Å². The maximum Gasteiger partial charge on any atom is 0.372 e. The number of nitrogens with two attached hydrogens (primary N) is 1. The van der Waals surface area contributed by atoms with E-state index in [1.54, 1.807) is 0 Å². The first-order valence-electron chi connectivity index (χ1n) is 4.78. The lowest BCUT2D eigenvalue weighted by atomic mass is 10.1. The SMILES string of the molecule is CC(=O)OOC(=O)C(N)Cc1ccccc1. The second-order valence-corrected chi connectivity index (χ2v) is 3.27. The molecule has 0 bridgehead atoms. The lowest BCUT2D eigenvalue weighted by Gasteiger charge is -2.08. The van der Waals surface area contributed by atoms with E-state index in [0.29, 0.717) is 6.42 Å². The number of carbonyl (C=O) groups excluding carboxylic acids is 2. The van der Waals surface area contributed by atoms with Crippen LogP contribution in [0.15, 0.2) is 30.3 Å². The van der Waals surface area contributed by atoms with Crippen LogP contribution in [0.5, 0.6) is 0 Å². The van der Waals surface area contributed by atoms with Crippen LogP contribution >= 0.6 is 0 Å². The molecule has 0 spiro atoms. The topological polar surface area (TPSA) is 78.6 Å². The van der Waals surface area contributed by atoms with Gasteiger partial charge < -0.3 is 5.73 Å². The van der Waals surface area contributed by atoms with E-state index >= 15 is 0 Å². The summed E-state index contributed by atoms with van der Waals surface area (Å²) in [6, 6.07) is 8.41. The Labute approximate surface area is 93.1 Å². The number of benzene rings is 1. The highest BCUT2D eigenvalue weighted by molar-refractivity contribution is 5.76. The lowest BCUT2D eigenvalue weighted by molar-refractivity contribution is -0.258. The van der Waals surface area contributed by atoms with E-state index in [9.17, 15) is 9.59 Å². The van der Waals surface area contributed by atoms with E-state index in [2.05, 4.69) is 9.78 Å². The first-order valence-corrected chi connectivity index (χ1v) is 4.78. The summed E-state index contributed by atoms with van der Waals surface area (Å²) in [5, 5.41) is 0. The van der Waals surface area contributed by atoms with Gasteiger partial charge in [-0.2, -0.15) is 0 Å². The zero-order valence-electron chi connectivity index (χ0n) is 8.88. The van der Waals surface area contributed by atoms with Crippen LogP contribution in [-0.2, 0) is 25.8 Å². The second kappa shape index (κ2) is 5.87. The van der Waals surface area contributed by atoms with Gasteiger partial charge >= 0.3 is 11.9 Å². The average molecular weight is 223 g/mol. The summed E-state index contributed by atoms with van der Waals surface area (Å²) < 4.78 is 0. The van der Waals surface area contributed by atoms with Crippen molar-refractivity contribution in [2.24, 2.45) is 5.73 Å². The third-order valence-corrected chi connectivity index (χ3v) is 1.84. The lowest BCUT2D eigenvalue weighted by Crippen LogP contribution is -2.34. The summed E-state index contributed by atoms with van der Waals surface area (Å²) in [5.74, 6) is -1.46. The van der Waals surface area contributed by atoms with Crippen LogP contribution in [0.25, 0.3) is 0 Å². The maximum atomic E-state index is 11.2. The van der Waals surface area contributed by atoms with Crippen molar-refractivity contribution in [2.45, 2.75) is 19.4 Å². The molecule has 1 aromatic rings. The zero-order valence-corrected chi connectivity index (χ0v) is 8.88. The predicted molar refractivity (Wildman–Crippen MR) is 56.0 cm³/mol. The monoisotopic (exact) mass is 223 g/mol. The highest BCUT2D eigenvalue weighted by atomic mass is 17.2. The van der Waals surface area contributed by atoms with Crippen molar-refractivity contribution in [1.82, 2.24) is 0 Å². The van der Waals surface area contributed by atoms with Gasteiger partial charge in [-0.3, -0.25) is 0 Å². The van der Waals surface area contributed by atoms with Crippen molar-refractivity contribution in [2.75, 3.05) is 0 Å². The molecule has 1 atom stereocenters. The summed E-state index contributed by atoms with van der Waals surface area (Å²) >= 11 is 0.